The van der Waals surface area contributed by atoms with Crippen molar-refractivity contribution in [1.82, 2.24) is 0 Å². The lowest BCUT2D eigenvalue weighted by Gasteiger charge is -2.08. The van der Waals surface area contributed by atoms with E-state index < -0.39 is 6.04 Å². The third kappa shape index (κ3) is 5.65. The molecule has 0 spiro atoms. The summed E-state index contributed by atoms with van der Waals surface area (Å²) < 4.78 is 8.42. The van der Waals surface area contributed by atoms with E-state index in [1.54, 1.807) is 0 Å². The largest absolute Gasteiger partial charge is 0.464 e. The van der Waals surface area contributed by atoms with Crippen LogP contribution in [0.4, 0.5) is 0 Å². The monoisotopic (exact) mass is 204 g/mol. The van der Waals surface area contributed by atoms with Crippen molar-refractivity contribution < 1.29 is 9.53 Å². The van der Waals surface area contributed by atoms with Crippen LogP contribution in [0.1, 0.15) is 26.2 Å². The molecule has 4 nitrogen and oxygen atoms in total. The summed E-state index contributed by atoms with van der Waals surface area (Å²) in [4.78, 5) is 11.2. The molecule has 0 fully saturated rings. The lowest BCUT2D eigenvalue weighted by molar-refractivity contribution is -0.145. The zero-order chi connectivity index (χ0) is 10.1. The van der Waals surface area contributed by atoms with Gasteiger partial charge in [0.05, 0.1) is 6.61 Å². The standard InChI is InChI=1S/C8H16N2O2S/c1-2-3-6-12-8(11)7(10-13)4-5-9/h7H,2-6,9H2,1H3. The third-order valence-electron chi connectivity index (χ3n) is 1.58. The van der Waals surface area contributed by atoms with Gasteiger partial charge in [0.2, 0.25) is 0 Å². The Kier molecular flexibility index (Phi) is 7.73. The maximum absolute atomic E-state index is 11.2. The fourth-order valence-electron chi connectivity index (χ4n) is 0.785. The van der Waals surface area contributed by atoms with E-state index in [9.17, 15) is 4.79 Å². The molecule has 1 unspecified atom stereocenters. The molecule has 0 aliphatic carbocycles. The topological polar surface area (TPSA) is 64.7 Å². The molecule has 0 radical (unpaired) electrons. The van der Waals surface area contributed by atoms with Crippen LogP contribution < -0.4 is 5.73 Å². The summed E-state index contributed by atoms with van der Waals surface area (Å²) in [6.45, 7) is 2.87. The van der Waals surface area contributed by atoms with Gasteiger partial charge in [-0.2, -0.15) is 0 Å². The van der Waals surface area contributed by atoms with Crippen molar-refractivity contribution in [1.29, 1.82) is 0 Å². The third-order valence-corrected chi connectivity index (χ3v) is 1.84. The van der Waals surface area contributed by atoms with Crippen LogP contribution in [0.25, 0.3) is 0 Å². The first kappa shape index (κ1) is 12.4. The predicted molar refractivity (Wildman–Crippen MR) is 53.1 cm³/mol. The van der Waals surface area contributed by atoms with Gasteiger partial charge in [-0.15, -0.1) is 0 Å². The molecular weight excluding hydrogens is 188 g/mol. The van der Waals surface area contributed by atoms with Crippen LogP contribution >= 0.6 is 0 Å². The van der Waals surface area contributed by atoms with Crippen molar-refractivity contribution in [3.63, 3.8) is 0 Å². The number of rotatable bonds is 7. The summed E-state index contributed by atoms with van der Waals surface area (Å²) in [7, 11) is 0. The SMILES string of the molecule is CCCCOC(=O)C(CCN)N=S. The van der Waals surface area contributed by atoms with Gasteiger partial charge in [-0.05, 0) is 19.4 Å². The Hall–Kier alpha value is -0.550. The Morgan fingerprint density at radius 2 is 2.38 bits per heavy atom. The first-order chi connectivity index (χ1) is 6.26. The molecule has 0 aromatic rings. The van der Waals surface area contributed by atoms with Crippen LogP contribution in [0.2, 0.25) is 0 Å². The van der Waals surface area contributed by atoms with Gasteiger partial charge in [0.1, 0.15) is 0 Å². The molecule has 0 aliphatic heterocycles. The molecule has 0 saturated carbocycles. The minimum absolute atomic E-state index is 0.353. The van der Waals surface area contributed by atoms with E-state index in [2.05, 4.69) is 16.8 Å². The molecule has 1 atom stereocenters. The number of hydrogen-bond acceptors (Lipinski definition) is 5. The van der Waals surface area contributed by atoms with Crippen molar-refractivity contribution in [2.24, 2.45) is 10.1 Å². The summed E-state index contributed by atoms with van der Waals surface area (Å²) in [5.41, 5.74) is 5.28. The van der Waals surface area contributed by atoms with Gasteiger partial charge in [0, 0.05) is 12.4 Å². The number of nitrogens with two attached hydrogens (primary N) is 1. The highest BCUT2D eigenvalue weighted by atomic mass is 32.1. The summed E-state index contributed by atoms with van der Waals surface area (Å²) in [5.74, 6) is -0.353. The zero-order valence-corrected chi connectivity index (χ0v) is 8.68. The van der Waals surface area contributed by atoms with Crippen LogP contribution in [0.5, 0.6) is 0 Å². The maximum atomic E-state index is 11.2. The molecule has 5 heteroatoms. The van der Waals surface area contributed by atoms with E-state index >= 15 is 0 Å². The first-order valence-electron chi connectivity index (χ1n) is 4.45. The van der Waals surface area contributed by atoms with Gasteiger partial charge in [0.15, 0.2) is 6.04 Å². The Morgan fingerprint density at radius 1 is 1.69 bits per heavy atom. The minimum Gasteiger partial charge on any atom is -0.464 e. The normalized spacial score (nSPS) is 12.2. The van der Waals surface area contributed by atoms with Gasteiger partial charge in [-0.3, -0.25) is 0 Å². The van der Waals surface area contributed by atoms with Gasteiger partial charge >= 0.3 is 5.97 Å². The Bertz CT molecular complexity index is 164. The second-order valence-electron chi connectivity index (χ2n) is 2.72. The van der Waals surface area contributed by atoms with Gasteiger partial charge in [0.25, 0.3) is 0 Å². The highest BCUT2D eigenvalue weighted by Crippen LogP contribution is 2.00. The molecule has 2 N–H and O–H groups in total. The molecule has 0 heterocycles. The summed E-state index contributed by atoms with van der Waals surface area (Å²) in [6, 6.07) is -0.558. The van der Waals surface area contributed by atoms with E-state index in [-0.39, 0.29) is 5.97 Å². The molecule has 0 amide bonds. The summed E-state index contributed by atoms with van der Waals surface area (Å²) >= 11 is 4.46. The first-order valence-corrected chi connectivity index (χ1v) is 4.82. The highest BCUT2D eigenvalue weighted by molar-refractivity contribution is 7.47. The smallest absolute Gasteiger partial charge is 0.332 e. The van der Waals surface area contributed by atoms with Crippen molar-refractivity contribution >= 4 is 18.4 Å². The van der Waals surface area contributed by atoms with E-state index in [1.807, 2.05) is 6.92 Å². The number of hydrogen-bond donors (Lipinski definition) is 1. The number of unbranched alkanes of at least 4 members (excludes halogenated alkanes) is 1. The van der Waals surface area contributed by atoms with Crippen LogP contribution in [0.3, 0.4) is 0 Å². The second-order valence-corrected chi connectivity index (χ2v) is 2.93. The summed E-state index contributed by atoms with van der Waals surface area (Å²) in [6.07, 6.45) is 2.34. The lowest BCUT2D eigenvalue weighted by atomic mass is 10.2. The molecule has 76 valence electrons. The molecule has 0 bridgehead atoms. The molecule has 0 aliphatic rings. The van der Waals surface area contributed by atoms with E-state index in [0.29, 0.717) is 19.6 Å². The Labute approximate surface area is 84.0 Å². The lowest BCUT2D eigenvalue weighted by Crippen LogP contribution is -2.24. The second kappa shape index (κ2) is 8.07. The maximum Gasteiger partial charge on any atom is 0.332 e. The highest BCUT2D eigenvalue weighted by Gasteiger charge is 2.17. The van der Waals surface area contributed by atoms with Crippen molar-refractivity contribution in [3.8, 4) is 0 Å². The minimum atomic E-state index is -0.558. The van der Waals surface area contributed by atoms with Crippen LogP contribution in [-0.4, -0.2) is 25.2 Å². The summed E-state index contributed by atoms with van der Waals surface area (Å²) in [5, 5.41) is 0. The van der Waals surface area contributed by atoms with Gasteiger partial charge < -0.3 is 10.5 Å². The number of nitrogens with zero attached hydrogens (tertiary/aromatic N) is 1. The van der Waals surface area contributed by atoms with Crippen LogP contribution in [-0.2, 0) is 22.0 Å². The quantitative estimate of drug-likeness (QED) is 0.491. The average molecular weight is 204 g/mol. The number of carbonyl (C=O) groups is 1. The fraction of sp³-hybridized carbons (Fsp3) is 0.875. The number of carbonyl (C=O) groups excluding carboxylic acids is 1. The molecular formula is C8H16N2O2S. The van der Waals surface area contributed by atoms with E-state index in [1.165, 1.54) is 0 Å². The zero-order valence-electron chi connectivity index (χ0n) is 7.86. The van der Waals surface area contributed by atoms with Gasteiger partial charge in [-0.25, -0.2) is 9.16 Å². The molecule has 0 saturated heterocycles. The van der Waals surface area contributed by atoms with Crippen LogP contribution in [0, 0.1) is 0 Å². The van der Waals surface area contributed by atoms with E-state index in [0.717, 1.165) is 12.8 Å². The fourth-order valence-corrected chi connectivity index (χ4v) is 0.976. The number of ether oxygens (including phenoxy) is 1. The molecule has 0 aromatic heterocycles. The van der Waals surface area contributed by atoms with Gasteiger partial charge in [-0.1, -0.05) is 13.3 Å². The van der Waals surface area contributed by atoms with Crippen LogP contribution in [0.15, 0.2) is 4.36 Å². The van der Waals surface area contributed by atoms with Crippen molar-refractivity contribution in [3.05, 3.63) is 0 Å². The molecule has 0 aromatic carbocycles. The average Bonchev–Trinajstić information content (AvgIpc) is 2.14. The Morgan fingerprint density at radius 3 is 2.85 bits per heavy atom. The Balaban J connectivity index is 3.70. The molecule has 0 rings (SSSR count). The molecule has 13 heavy (non-hydrogen) atoms. The van der Waals surface area contributed by atoms with E-state index in [4.69, 9.17) is 10.5 Å². The predicted octanol–water partition coefficient (Wildman–Crippen LogP) is 0.778. The van der Waals surface area contributed by atoms with Crippen molar-refractivity contribution in [2.45, 2.75) is 32.2 Å². The number of esters is 1. The van der Waals surface area contributed by atoms with Crippen molar-refractivity contribution in [2.75, 3.05) is 13.2 Å².